The maximum atomic E-state index is 13.7. The predicted molar refractivity (Wildman–Crippen MR) is 110 cm³/mol. The summed E-state index contributed by atoms with van der Waals surface area (Å²) in [6.45, 7) is 2.14. The van der Waals surface area contributed by atoms with Gasteiger partial charge in [-0.1, -0.05) is 12.1 Å². The zero-order valence-corrected chi connectivity index (χ0v) is 16.6. The number of rotatable bonds is 5. The van der Waals surface area contributed by atoms with Crippen LogP contribution >= 0.6 is 11.3 Å². The van der Waals surface area contributed by atoms with E-state index in [0.717, 1.165) is 17.0 Å². The number of nitrogens with one attached hydrogen (secondary N) is 1. The van der Waals surface area contributed by atoms with Crippen LogP contribution in [0.2, 0.25) is 0 Å². The third kappa shape index (κ3) is 3.53. The van der Waals surface area contributed by atoms with Crippen LogP contribution in [0.5, 0.6) is 0 Å². The molecular weight excluding hydrogens is 408 g/mol. The Balaban J connectivity index is 1.83. The Labute approximate surface area is 174 Å². The summed E-state index contributed by atoms with van der Waals surface area (Å²) in [6.07, 6.45) is 2.68. The average molecular weight is 423 g/mol. The van der Waals surface area contributed by atoms with Crippen LogP contribution < -0.4 is 10.9 Å². The van der Waals surface area contributed by atoms with Crippen molar-refractivity contribution in [1.29, 1.82) is 5.26 Å². The van der Waals surface area contributed by atoms with Gasteiger partial charge in [0.2, 0.25) is 0 Å². The summed E-state index contributed by atoms with van der Waals surface area (Å²) in [6, 6.07) is 8.74. The molecule has 3 aromatic heterocycles. The summed E-state index contributed by atoms with van der Waals surface area (Å²) in [5.74, 6) is -1.65. The molecule has 6 nitrogen and oxygen atoms in total. The molecule has 0 bridgehead atoms. The first-order valence-corrected chi connectivity index (χ1v) is 9.88. The normalized spacial score (nSPS) is 11.9. The predicted octanol–water partition coefficient (Wildman–Crippen LogP) is 4.22. The van der Waals surface area contributed by atoms with Crippen LogP contribution in [-0.2, 0) is 6.54 Å². The fourth-order valence-corrected chi connectivity index (χ4v) is 3.79. The van der Waals surface area contributed by atoms with E-state index in [2.05, 4.69) is 15.3 Å². The number of hydrogen-bond donors (Lipinski definition) is 1. The Kier molecular flexibility index (Phi) is 5.25. The zero-order valence-electron chi connectivity index (χ0n) is 15.8. The van der Waals surface area contributed by atoms with Gasteiger partial charge in [-0.3, -0.25) is 9.36 Å². The number of nitriles is 1. The van der Waals surface area contributed by atoms with Gasteiger partial charge in [0.25, 0.3) is 5.56 Å². The highest BCUT2D eigenvalue weighted by molar-refractivity contribution is 7.09. The standard InChI is InChI=1S/C21H15F2N5OS/c1-12(13-4-5-16(22)17(23)7-13)28-11-27-19-14(8-24)9-25-20(18(19)21(28)29)26-10-15-3-2-6-30-15/h2-7,9,11-12H,10H2,1H3,(H,25,26). The van der Waals surface area contributed by atoms with Crippen molar-refractivity contribution in [1.82, 2.24) is 14.5 Å². The van der Waals surface area contributed by atoms with Crippen molar-refractivity contribution in [2.24, 2.45) is 0 Å². The summed E-state index contributed by atoms with van der Waals surface area (Å²) >= 11 is 1.56. The van der Waals surface area contributed by atoms with Crippen LogP contribution in [0.4, 0.5) is 14.6 Å². The Bertz CT molecular complexity index is 1330. The number of fused-ring (bicyclic) bond motifs is 1. The van der Waals surface area contributed by atoms with E-state index in [4.69, 9.17) is 0 Å². The van der Waals surface area contributed by atoms with E-state index in [1.165, 1.54) is 23.2 Å². The molecule has 0 amide bonds. The maximum Gasteiger partial charge on any atom is 0.265 e. The van der Waals surface area contributed by atoms with E-state index >= 15 is 0 Å². The van der Waals surface area contributed by atoms with Gasteiger partial charge >= 0.3 is 0 Å². The van der Waals surface area contributed by atoms with Gasteiger partial charge < -0.3 is 5.32 Å². The molecule has 1 unspecified atom stereocenters. The van der Waals surface area contributed by atoms with Gasteiger partial charge in [-0.25, -0.2) is 18.7 Å². The van der Waals surface area contributed by atoms with E-state index in [1.54, 1.807) is 18.3 Å². The molecular formula is C21H15F2N5OS. The number of hydrogen-bond acceptors (Lipinski definition) is 6. The quantitative estimate of drug-likeness (QED) is 0.520. The molecule has 150 valence electrons. The smallest absolute Gasteiger partial charge is 0.265 e. The Morgan fingerprint density at radius 1 is 1.27 bits per heavy atom. The molecule has 3 heterocycles. The molecule has 0 saturated carbocycles. The van der Waals surface area contributed by atoms with Crippen molar-refractivity contribution in [3.8, 4) is 6.07 Å². The molecule has 1 N–H and O–H groups in total. The van der Waals surface area contributed by atoms with Gasteiger partial charge in [0.05, 0.1) is 24.5 Å². The van der Waals surface area contributed by atoms with Crippen LogP contribution in [-0.4, -0.2) is 14.5 Å². The molecule has 0 fully saturated rings. The molecule has 30 heavy (non-hydrogen) atoms. The molecule has 0 spiro atoms. The number of anilines is 1. The second-order valence-corrected chi connectivity index (χ2v) is 7.63. The summed E-state index contributed by atoms with van der Waals surface area (Å²) in [4.78, 5) is 22.9. The van der Waals surface area contributed by atoms with E-state index in [9.17, 15) is 18.8 Å². The minimum atomic E-state index is -0.993. The van der Waals surface area contributed by atoms with Gasteiger partial charge in [0.15, 0.2) is 11.6 Å². The molecule has 0 saturated heterocycles. The Morgan fingerprint density at radius 2 is 2.10 bits per heavy atom. The van der Waals surface area contributed by atoms with Gasteiger partial charge in [0, 0.05) is 11.1 Å². The maximum absolute atomic E-state index is 13.7. The van der Waals surface area contributed by atoms with Crippen LogP contribution in [0.1, 0.15) is 29.0 Å². The third-order valence-corrected chi connectivity index (χ3v) is 5.66. The molecule has 1 atom stereocenters. The minimum Gasteiger partial charge on any atom is -0.364 e. The molecule has 1 aromatic carbocycles. The van der Waals surface area contributed by atoms with E-state index in [-0.39, 0.29) is 16.5 Å². The van der Waals surface area contributed by atoms with Crippen LogP contribution in [0, 0.1) is 23.0 Å². The minimum absolute atomic E-state index is 0.169. The van der Waals surface area contributed by atoms with Gasteiger partial charge in [-0.15, -0.1) is 11.3 Å². The molecule has 9 heteroatoms. The van der Waals surface area contributed by atoms with E-state index < -0.39 is 23.2 Å². The molecule has 0 aliphatic heterocycles. The van der Waals surface area contributed by atoms with Crippen molar-refractivity contribution < 1.29 is 8.78 Å². The van der Waals surface area contributed by atoms with Crippen LogP contribution in [0.15, 0.2) is 53.0 Å². The van der Waals surface area contributed by atoms with Gasteiger partial charge in [0.1, 0.15) is 22.8 Å². The number of aromatic nitrogens is 3. The van der Waals surface area contributed by atoms with Crippen molar-refractivity contribution in [3.05, 3.63) is 86.2 Å². The van der Waals surface area contributed by atoms with Gasteiger partial charge in [-0.2, -0.15) is 5.26 Å². The van der Waals surface area contributed by atoms with Crippen LogP contribution in [0.25, 0.3) is 10.9 Å². The Hall–Kier alpha value is -3.64. The lowest BCUT2D eigenvalue weighted by Gasteiger charge is -2.17. The van der Waals surface area contributed by atoms with Crippen LogP contribution in [0.3, 0.4) is 0 Å². The number of halogens is 2. The van der Waals surface area contributed by atoms with Crippen molar-refractivity contribution >= 4 is 28.1 Å². The number of nitrogens with zero attached hydrogens (tertiary/aromatic N) is 4. The van der Waals surface area contributed by atoms with Crippen molar-refractivity contribution in [3.63, 3.8) is 0 Å². The number of benzene rings is 1. The lowest BCUT2D eigenvalue weighted by molar-refractivity contribution is 0.502. The Morgan fingerprint density at radius 3 is 2.80 bits per heavy atom. The summed E-state index contributed by atoms with van der Waals surface area (Å²) in [5.41, 5.74) is 0.390. The summed E-state index contributed by atoms with van der Waals surface area (Å²) in [5, 5.41) is 14.6. The van der Waals surface area contributed by atoms with Gasteiger partial charge in [-0.05, 0) is 36.1 Å². The highest BCUT2D eigenvalue weighted by Gasteiger charge is 2.18. The first kappa shape index (κ1) is 19.7. The highest BCUT2D eigenvalue weighted by atomic mass is 32.1. The fraction of sp³-hybridized carbons (Fsp3) is 0.143. The highest BCUT2D eigenvalue weighted by Crippen LogP contribution is 2.23. The van der Waals surface area contributed by atoms with Crippen molar-refractivity contribution in [2.75, 3.05) is 5.32 Å². The molecule has 4 rings (SSSR count). The largest absolute Gasteiger partial charge is 0.364 e. The number of pyridine rings is 1. The second-order valence-electron chi connectivity index (χ2n) is 6.60. The SMILES string of the molecule is CC(c1ccc(F)c(F)c1)n1cnc2c(C#N)cnc(NCc3cccs3)c2c1=O. The first-order valence-electron chi connectivity index (χ1n) is 9.00. The zero-order chi connectivity index (χ0) is 21.3. The van der Waals surface area contributed by atoms with E-state index in [1.807, 2.05) is 23.6 Å². The first-order chi connectivity index (χ1) is 14.5. The number of thiophene rings is 1. The molecule has 0 aliphatic carbocycles. The summed E-state index contributed by atoms with van der Waals surface area (Å²) < 4.78 is 28.3. The molecule has 0 radical (unpaired) electrons. The molecule has 0 aliphatic rings. The fourth-order valence-electron chi connectivity index (χ4n) is 3.15. The second kappa shape index (κ2) is 8.00. The third-order valence-electron chi connectivity index (χ3n) is 4.79. The topological polar surface area (TPSA) is 83.6 Å². The lowest BCUT2D eigenvalue weighted by atomic mass is 10.1. The van der Waals surface area contributed by atoms with Crippen molar-refractivity contribution in [2.45, 2.75) is 19.5 Å². The monoisotopic (exact) mass is 423 g/mol. The molecule has 4 aromatic rings. The average Bonchev–Trinajstić information content (AvgIpc) is 3.27. The van der Waals surface area contributed by atoms with E-state index in [0.29, 0.717) is 17.9 Å². The summed E-state index contributed by atoms with van der Waals surface area (Å²) in [7, 11) is 0. The lowest BCUT2D eigenvalue weighted by Crippen LogP contribution is -2.26.